The Bertz CT molecular complexity index is 3010. The summed E-state index contributed by atoms with van der Waals surface area (Å²) < 4.78 is 0. The lowest BCUT2D eigenvalue weighted by Gasteiger charge is -2.61. The Kier molecular flexibility index (Phi) is 6.43. The zero-order valence-corrected chi connectivity index (χ0v) is 31.5. The predicted octanol–water partition coefficient (Wildman–Crippen LogP) is 15.0. The number of rotatable bonds is 3. The van der Waals surface area contributed by atoms with Crippen molar-refractivity contribution >= 4 is 43.1 Å². The molecule has 9 aromatic carbocycles. The van der Waals surface area contributed by atoms with E-state index in [0.29, 0.717) is 0 Å². The van der Waals surface area contributed by atoms with Gasteiger partial charge in [0.05, 0.1) is 0 Å². The number of fused-ring (bicyclic) bond motifs is 7. The number of hydrogen-bond acceptors (Lipinski definition) is 0. The van der Waals surface area contributed by atoms with Gasteiger partial charge in [-0.15, -0.1) is 0 Å². The van der Waals surface area contributed by atoms with Crippen LogP contribution in [0.3, 0.4) is 0 Å². The fourth-order valence-electron chi connectivity index (χ4n) is 13.2. The van der Waals surface area contributed by atoms with Gasteiger partial charge in [-0.05, 0) is 167 Å². The second-order valence-corrected chi connectivity index (χ2v) is 17.6. The first-order valence-electron chi connectivity index (χ1n) is 20.9. The van der Waals surface area contributed by atoms with Crippen LogP contribution in [0.1, 0.15) is 43.2 Å². The first-order valence-corrected chi connectivity index (χ1v) is 20.9. The molecular weight excluding hydrogens is 673 g/mol. The molecule has 0 N–H and O–H groups in total. The first kappa shape index (κ1) is 31.2. The zero-order chi connectivity index (χ0) is 36.5. The maximum Gasteiger partial charge on any atom is 0.0272 e. The van der Waals surface area contributed by atoms with E-state index >= 15 is 0 Å². The fourth-order valence-corrected chi connectivity index (χ4v) is 13.2. The molecule has 14 rings (SSSR count). The van der Waals surface area contributed by atoms with E-state index in [0.717, 1.165) is 23.7 Å². The van der Waals surface area contributed by atoms with Crippen LogP contribution in [-0.2, 0) is 5.41 Å². The van der Waals surface area contributed by atoms with Crippen molar-refractivity contribution in [1.29, 1.82) is 0 Å². The largest absolute Gasteiger partial charge is 0.0622 e. The first-order chi connectivity index (χ1) is 27.8. The Morgan fingerprint density at radius 2 is 0.821 bits per heavy atom. The van der Waals surface area contributed by atoms with Gasteiger partial charge in [-0.3, -0.25) is 0 Å². The molecule has 4 saturated carbocycles. The summed E-state index contributed by atoms with van der Waals surface area (Å²) >= 11 is 0. The van der Waals surface area contributed by atoms with Gasteiger partial charge in [-0.2, -0.15) is 0 Å². The van der Waals surface area contributed by atoms with Crippen LogP contribution in [0.4, 0.5) is 0 Å². The SMILES string of the molecule is c1ccc(-c2ccc(-c3c4ccccc4c(-c4cccc5c4-c4cc6ccccc6cc4C54C5CC6CC(C5)CC4C6)c4ccccc34)c3ccccc23)cc1. The van der Waals surface area contributed by atoms with Crippen LogP contribution >= 0.6 is 0 Å². The molecule has 0 heterocycles. The van der Waals surface area contributed by atoms with Crippen LogP contribution in [0, 0.1) is 23.7 Å². The van der Waals surface area contributed by atoms with Crippen molar-refractivity contribution in [3.63, 3.8) is 0 Å². The summed E-state index contributed by atoms with van der Waals surface area (Å²) in [5.74, 6) is 3.27. The summed E-state index contributed by atoms with van der Waals surface area (Å²) in [5.41, 5.74) is 14.3. The average molecular weight is 715 g/mol. The molecule has 4 bridgehead atoms. The maximum atomic E-state index is 2.64. The topological polar surface area (TPSA) is 0 Å². The molecule has 0 heteroatoms. The van der Waals surface area contributed by atoms with Crippen molar-refractivity contribution < 1.29 is 0 Å². The molecule has 0 amide bonds. The van der Waals surface area contributed by atoms with Crippen molar-refractivity contribution in [3.8, 4) is 44.5 Å². The molecule has 0 atom stereocenters. The molecule has 0 saturated heterocycles. The Hall–Kier alpha value is -5.98. The lowest BCUT2D eigenvalue weighted by Crippen LogP contribution is -2.55. The maximum absolute atomic E-state index is 2.64. The molecule has 0 unspecified atom stereocenters. The molecule has 266 valence electrons. The molecule has 1 spiro atoms. The second-order valence-electron chi connectivity index (χ2n) is 17.6. The fraction of sp³-hybridized carbons (Fsp3) is 0.179. The normalized spacial score (nSPS) is 23.1. The van der Waals surface area contributed by atoms with E-state index in [2.05, 4.69) is 170 Å². The Morgan fingerprint density at radius 3 is 1.45 bits per heavy atom. The van der Waals surface area contributed by atoms with E-state index in [1.165, 1.54) is 120 Å². The van der Waals surface area contributed by atoms with Crippen LogP contribution in [0.15, 0.2) is 170 Å². The average Bonchev–Trinajstić information content (AvgIpc) is 3.53. The van der Waals surface area contributed by atoms with Crippen molar-refractivity contribution in [3.05, 3.63) is 181 Å². The third kappa shape index (κ3) is 4.09. The third-order valence-corrected chi connectivity index (χ3v) is 15.0. The molecule has 0 aliphatic heterocycles. The summed E-state index contributed by atoms with van der Waals surface area (Å²) in [6, 6.07) is 64.9. The zero-order valence-electron chi connectivity index (χ0n) is 31.5. The van der Waals surface area contributed by atoms with Gasteiger partial charge in [0, 0.05) is 5.41 Å². The number of hydrogen-bond donors (Lipinski definition) is 0. The molecule has 0 radical (unpaired) electrons. The van der Waals surface area contributed by atoms with E-state index in [1.807, 2.05) is 0 Å². The molecule has 5 aliphatic rings. The van der Waals surface area contributed by atoms with Gasteiger partial charge >= 0.3 is 0 Å². The second kappa shape index (κ2) is 11.5. The van der Waals surface area contributed by atoms with E-state index < -0.39 is 0 Å². The molecule has 5 aliphatic carbocycles. The van der Waals surface area contributed by atoms with Crippen LogP contribution in [0.5, 0.6) is 0 Å². The smallest absolute Gasteiger partial charge is 0.0272 e. The Labute approximate surface area is 328 Å². The summed E-state index contributed by atoms with van der Waals surface area (Å²) in [5, 5.41) is 10.6. The lowest BCUT2D eigenvalue weighted by molar-refractivity contribution is -0.0398. The minimum absolute atomic E-state index is 0.100. The highest BCUT2D eigenvalue weighted by atomic mass is 14.6. The van der Waals surface area contributed by atoms with Crippen LogP contribution in [0.2, 0.25) is 0 Å². The summed E-state index contributed by atoms with van der Waals surface area (Å²) in [4.78, 5) is 0. The van der Waals surface area contributed by atoms with E-state index in [4.69, 9.17) is 0 Å². The highest BCUT2D eigenvalue weighted by Gasteiger charge is 2.61. The van der Waals surface area contributed by atoms with Gasteiger partial charge in [-0.1, -0.05) is 158 Å². The van der Waals surface area contributed by atoms with Crippen molar-refractivity contribution in [1.82, 2.24) is 0 Å². The van der Waals surface area contributed by atoms with Crippen LogP contribution in [-0.4, -0.2) is 0 Å². The summed E-state index contributed by atoms with van der Waals surface area (Å²) in [6.07, 6.45) is 7.02. The van der Waals surface area contributed by atoms with Gasteiger partial charge < -0.3 is 0 Å². The van der Waals surface area contributed by atoms with Crippen molar-refractivity contribution in [2.45, 2.75) is 37.5 Å². The third-order valence-electron chi connectivity index (χ3n) is 15.0. The highest BCUT2D eigenvalue weighted by molar-refractivity contribution is 6.25. The quantitative estimate of drug-likeness (QED) is 0.160. The molecule has 56 heavy (non-hydrogen) atoms. The molecule has 9 aromatic rings. The predicted molar refractivity (Wildman–Crippen MR) is 236 cm³/mol. The van der Waals surface area contributed by atoms with Gasteiger partial charge in [0.15, 0.2) is 0 Å². The monoisotopic (exact) mass is 714 g/mol. The highest BCUT2D eigenvalue weighted by Crippen LogP contribution is 2.70. The standard InChI is InChI=1S/C56H42/c1-2-13-36(14-3-1)41-25-26-48(43-18-7-6-17-42(41)43)53-44-19-8-10-21-46(44)54(47-22-11-9-20-45(47)53)49-23-12-24-51-55(49)50-32-37-15-4-5-16-38(37)33-52(50)56(51)39-28-34-27-35(30-39)31-40(56)29-34/h1-26,32-35,39-40H,27-31H2. The van der Waals surface area contributed by atoms with Crippen LogP contribution in [0.25, 0.3) is 87.6 Å². The lowest BCUT2D eigenvalue weighted by atomic mass is 9.43. The van der Waals surface area contributed by atoms with E-state index in [-0.39, 0.29) is 5.41 Å². The van der Waals surface area contributed by atoms with Gasteiger partial charge in [0.1, 0.15) is 0 Å². The molecule has 0 nitrogen and oxygen atoms in total. The van der Waals surface area contributed by atoms with Gasteiger partial charge in [0.2, 0.25) is 0 Å². The minimum atomic E-state index is 0.100. The number of benzene rings is 9. The van der Waals surface area contributed by atoms with Crippen molar-refractivity contribution in [2.24, 2.45) is 23.7 Å². The van der Waals surface area contributed by atoms with Crippen molar-refractivity contribution in [2.75, 3.05) is 0 Å². The Balaban J connectivity index is 1.12. The van der Waals surface area contributed by atoms with E-state index in [9.17, 15) is 0 Å². The molecule has 0 aromatic heterocycles. The van der Waals surface area contributed by atoms with E-state index in [1.54, 1.807) is 11.1 Å². The molecule has 4 fully saturated rings. The van der Waals surface area contributed by atoms with Gasteiger partial charge in [0.25, 0.3) is 0 Å². The minimum Gasteiger partial charge on any atom is -0.0622 e. The van der Waals surface area contributed by atoms with Gasteiger partial charge in [-0.25, -0.2) is 0 Å². The molecular formula is C56H42. The summed E-state index contributed by atoms with van der Waals surface area (Å²) in [7, 11) is 0. The Morgan fingerprint density at radius 1 is 0.321 bits per heavy atom. The summed E-state index contributed by atoms with van der Waals surface area (Å²) in [6.45, 7) is 0. The van der Waals surface area contributed by atoms with Crippen LogP contribution < -0.4 is 0 Å².